The minimum absolute atomic E-state index is 0.371. The van der Waals surface area contributed by atoms with Crippen molar-refractivity contribution in [1.82, 2.24) is 10.1 Å². The second kappa shape index (κ2) is 5.31. The fourth-order valence-corrected chi connectivity index (χ4v) is 2.23. The van der Waals surface area contributed by atoms with Crippen LogP contribution in [0.5, 0.6) is 0 Å². The summed E-state index contributed by atoms with van der Waals surface area (Å²) in [4.78, 5) is 4.50. The second-order valence-electron chi connectivity index (χ2n) is 4.60. The predicted octanol–water partition coefficient (Wildman–Crippen LogP) is 2.55. The first kappa shape index (κ1) is 11.4. The molecule has 0 bridgehead atoms. The molecular formula is C14H16N2O2. The van der Waals surface area contributed by atoms with E-state index in [0.717, 1.165) is 44.2 Å². The van der Waals surface area contributed by atoms with Gasteiger partial charge in [0.05, 0.1) is 0 Å². The van der Waals surface area contributed by atoms with Gasteiger partial charge in [0, 0.05) is 25.6 Å². The van der Waals surface area contributed by atoms with Gasteiger partial charge < -0.3 is 9.26 Å². The minimum Gasteiger partial charge on any atom is -0.381 e. The molecule has 3 rings (SSSR count). The summed E-state index contributed by atoms with van der Waals surface area (Å²) in [5.41, 5.74) is 1.21. The van der Waals surface area contributed by atoms with E-state index in [9.17, 15) is 0 Å². The third-order valence-electron chi connectivity index (χ3n) is 3.26. The van der Waals surface area contributed by atoms with E-state index in [1.807, 2.05) is 18.2 Å². The summed E-state index contributed by atoms with van der Waals surface area (Å²) in [5, 5.41) is 4.06. The SMILES string of the molecule is c1ccc(Cc2noc(C3CCOCC3)n2)cc1. The van der Waals surface area contributed by atoms with Crippen LogP contribution in [0.4, 0.5) is 0 Å². The molecule has 1 fully saturated rings. The molecule has 4 heteroatoms. The highest BCUT2D eigenvalue weighted by molar-refractivity contribution is 5.18. The molecule has 18 heavy (non-hydrogen) atoms. The number of hydrogen-bond donors (Lipinski definition) is 0. The van der Waals surface area contributed by atoms with E-state index in [1.165, 1.54) is 5.56 Å². The Bertz CT molecular complexity index is 490. The number of hydrogen-bond acceptors (Lipinski definition) is 4. The Hall–Kier alpha value is -1.68. The summed E-state index contributed by atoms with van der Waals surface area (Å²) in [5.74, 6) is 1.91. The average Bonchev–Trinajstić information content (AvgIpc) is 2.89. The molecule has 0 saturated carbocycles. The van der Waals surface area contributed by atoms with Crippen LogP contribution in [0.2, 0.25) is 0 Å². The van der Waals surface area contributed by atoms with Crippen molar-refractivity contribution in [3.63, 3.8) is 0 Å². The van der Waals surface area contributed by atoms with Gasteiger partial charge in [0.15, 0.2) is 5.82 Å². The second-order valence-corrected chi connectivity index (χ2v) is 4.60. The zero-order chi connectivity index (χ0) is 12.2. The lowest BCUT2D eigenvalue weighted by atomic mass is 10.0. The highest BCUT2D eigenvalue weighted by Gasteiger charge is 2.21. The summed E-state index contributed by atoms with van der Waals surface area (Å²) in [6, 6.07) is 10.2. The van der Waals surface area contributed by atoms with Gasteiger partial charge in [0.2, 0.25) is 5.89 Å². The number of ether oxygens (including phenoxy) is 1. The van der Waals surface area contributed by atoms with Crippen molar-refractivity contribution < 1.29 is 9.26 Å². The van der Waals surface area contributed by atoms with Crippen LogP contribution in [0.15, 0.2) is 34.9 Å². The van der Waals surface area contributed by atoms with Crippen molar-refractivity contribution in [2.24, 2.45) is 0 Å². The average molecular weight is 244 g/mol. The molecule has 0 spiro atoms. The minimum atomic E-state index is 0.371. The number of benzene rings is 1. The maximum atomic E-state index is 5.36. The molecule has 0 unspecified atom stereocenters. The van der Waals surface area contributed by atoms with E-state index in [-0.39, 0.29) is 0 Å². The van der Waals surface area contributed by atoms with Gasteiger partial charge in [-0.3, -0.25) is 0 Å². The van der Waals surface area contributed by atoms with Gasteiger partial charge in [-0.05, 0) is 18.4 Å². The molecule has 94 valence electrons. The molecule has 0 atom stereocenters. The van der Waals surface area contributed by atoms with Gasteiger partial charge in [-0.25, -0.2) is 0 Å². The summed E-state index contributed by atoms with van der Waals surface area (Å²) in [7, 11) is 0. The van der Waals surface area contributed by atoms with E-state index >= 15 is 0 Å². The lowest BCUT2D eigenvalue weighted by Gasteiger charge is -2.17. The fraction of sp³-hybridized carbons (Fsp3) is 0.429. The maximum absolute atomic E-state index is 5.36. The Labute approximate surface area is 106 Å². The van der Waals surface area contributed by atoms with Crippen LogP contribution >= 0.6 is 0 Å². The van der Waals surface area contributed by atoms with Crippen LogP contribution in [0, 0.1) is 0 Å². The molecule has 1 aliphatic heterocycles. The van der Waals surface area contributed by atoms with Crippen molar-refractivity contribution in [3.8, 4) is 0 Å². The van der Waals surface area contributed by atoms with Crippen LogP contribution in [-0.2, 0) is 11.2 Å². The zero-order valence-electron chi connectivity index (χ0n) is 10.2. The Morgan fingerprint density at radius 1 is 1.11 bits per heavy atom. The van der Waals surface area contributed by atoms with Crippen LogP contribution in [0.1, 0.15) is 36.0 Å². The normalized spacial score (nSPS) is 16.9. The van der Waals surface area contributed by atoms with Crippen LogP contribution < -0.4 is 0 Å². The van der Waals surface area contributed by atoms with E-state index < -0.39 is 0 Å². The van der Waals surface area contributed by atoms with Crippen molar-refractivity contribution >= 4 is 0 Å². The molecule has 1 saturated heterocycles. The number of aromatic nitrogens is 2. The molecule has 2 aromatic rings. The molecule has 2 heterocycles. The van der Waals surface area contributed by atoms with E-state index in [2.05, 4.69) is 22.3 Å². The van der Waals surface area contributed by atoms with E-state index in [1.54, 1.807) is 0 Å². The van der Waals surface area contributed by atoms with Crippen molar-refractivity contribution in [1.29, 1.82) is 0 Å². The Morgan fingerprint density at radius 3 is 2.67 bits per heavy atom. The van der Waals surface area contributed by atoms with Gasteiger partial charge in [-0.2, -0.15) is 4.98 Å². The smallest absolute Gasteiger partial charge is 0.229 e. The largest absolute Gasteiger partial charge is 0.381 e. The van der Waals surface area contributed by atoms with Gasteiger partial charge >= 0.3 is 0 Å². The van der Waals surface area contributed by atoms with Crippen molar-refractivity contribution in [2.45, 2.75) is 25.2 Å². The Morgan fingerprint density at radius 2 is 1.89 bits per heavy atom. The lowest BCUT2D eigenvalue weighted by molar-refractivity contribution is 0.0778. The first-order valence-electron chi connectivity index (χ1n) is 6.36. The maximum Gasteiger partial charge on any atom is 0.229 e. The van der Waals surface area contributed by atoms with Crippen LogP contribution in [0.3, 0.4) is 0 Å². The van der Waals surface area contributed by atoms with E-state index in [0.29, 0.717) is 5.92 Å². The van der Waals surface area contributed by atoms with Crippen molar-refractivity contribution in [2.75, 3.05) is 13.2 Å². The molecule has 0 aliphatic carbocycles. The van der Waals surface area contributed by atoms with Gasteiger partial charge in [0.1, 0.15) is 0 Å². The highest BCUT2D eigenvalue weighted by Crippen LogP contribution is 2.25. The monoisotopic (exact) mass is 244 g/mol. The molecule has 0 N–H and O–H groups in total. The van der Waals surface area contributed by atoms with Gasteiger partial charge in [0.25, 0.3) is 0 Å². The molecule has 1 aliphatic rings. The van der Waals surface area contributed by atoms with E-state index in [4.69, 9.17) is 9.26 Å². The molecule has 0 amide bonds. The lowest BCUT2D eigenvalue weighted by Crippen LogP contribution is -2.14. The van der Waals surface area contributed by atoms with Crippen LogP contribution in [0.25, 0.3) is 0 Å². The molecule has 4 nitrogen and oxygen atoms in total. The van der Waals surface area contributed by atoms with Crippen LogP contribution in [-0.4, -0.2) is 23.4 Å². The fourth-order valence-electron chi connectivity index (χ4n) is 2.23. The summed E-state index contributed by atoms with van der Waals surface area (Å²) >= 11 is 0. The summed E-state index contributed by atoms with van der Waals surface area (Å²) in [6.45, 7) is 1.59. The van der Waals surface area contributed by atoms with Gasteiger partial charge in [-0.1, -0.05) is 35.5 Å². The third kappa shape index (κ3) is 2.59. The molecular weight excluding hydrogens is 228 g/mol. The third-order valence-corrected chi connectivity index (χ3v) is 3.26. The zero-order valence-corrected chi connectivity index (χ0v) is 10.2. The molecule has 0 radical (unpaired) electrons. The van der Waals surface area contributed by atoms with Crippen molar-refractivity contribution in [3.05, 3.63) is 47.6 Å². The summed E-state index contributed by atoms with van der Waals surface area (Å²) in [6.07, 6.45) is 2.69. The first-order chi connectivity index (χ1) is 8.92. The topological polar surface area (TPSA) is 48.2 Å². The summed E-state index contributed by atoms with van der Waals surface area (Å²) < 4.78 is 10.7. The Kier molecular flexibility index (Phi) is 3.37. The first-order valence-corrected chi connectivity index (χ1v) is 6.36. The van der Waals surface area contributed by atoms with Gasteiger partial charge in [-0.15, -0.1) is 0 Å². The predicted molar refractivity (Wildman–Crippen MR) is 66.3 cm³/mol. The standard InChI is InChI=1S/C14H16N2O2/c1-2-4-11(5-3-1)10-13-15-14(18-16-13)12-6-8-17-9-7-12/h1-5,12H,6-10H2. The number of rotatable bonds is 3. The highest BCUT2D eigenvalue weighted by atomic mass is 16.5. The molecule has 1 aromatic carbocycles. The number of nitrogens with zero attached hydrogens (tertiary/aromatic N) is 2. The molecule has 1 aromatic heterocycles. The quantitative estimate of drug-likeness (QED) is 0.832. The Balaban J connectivity index is 1.69.